The molecule has 2 aromatic heterocycles. The number of fused-ring (bicyclic) bond motifs is 1. The number of nitrogens with one attached hydrogen (secondary N) is 1. The summed E-state index contributed by atoms with van der Waals surface area (Å²) in [5.74, 6) is 0.696. The number of benzene rings is 2. The van der Waals surface area contributed by atoms with Gasteiger partial charge in [0.1, 0.15) is 0 Å². The third kappa shape index (κ3) is 4.90. The van der Waals surface area contributed by atoms with Crippen LogP contribution in [0.15, 0.2) is 72.5 Å². The summed E-state index contributed by atoms with van der Waals surface area (Å²) in [6.45, 7) is 6.46. The van der Waals surface area contributed by atoms with Gasteiger partial charge in [-0.25, -0.2) is 0 Å². The molecule has 0 radical (unpaired) electrons. The van der Waals surface area contributed by atoms with Gasteiger partial charge < -0.3 is 14.5 Å². The molecule has 7 nitrogen and oxygen atoms in total. The van der Waals surface area contributed by atoms with E-state index in [0.717, 1.165) is 16.5 Å². The number of nitrogens with zero attached hydrogens (tertiary/aromatic N) is 4. The number of hydrogen-bond acceptors (Lipinski definition) is 5. The number of para-hydroxylation sites is 1. The van der Waals surface area contributed by atoms with Crippen molar-refractivity contribution in [1.29, 1.82) is 0 Å². The molecule has 168 valence electrons. The highest BCUT2D eigenvalue weighted by atomic mass is 32.2. The summed E-state index contributed by atoms with van der Waals surface area (Å²) in [5, 5.41) is 12.9. The van der Waals surface area contributed by atoms with Crippen LogP contribution in [0.4, 0.5) is 0 Å². The molecule has 8 heteroatoms. The van der Waals surface area contributed by atoms with Crippen LogP contribution in [0.5, 0.6) is 0 Å². The molecule has 0 aliphatic rings. The van der Waals surface area contributed by atoms with Crippen LogP contribution in [0.2, 0.25) is 0 Å². The van der Waals surface area contributed by atoms with E-state index in [1.165, 1.54) is 11.8 Å². The van der Waals surface area contributed by atoms with Gasteiger partial charge in [0.05, 0.1) is 12.3 Å². The minimum absolute atomic E-state index is 0.0271. The van der Waals surface area contributed by atoms with Crippen LogP contribution < -0.4 is 5.32 Å². The van der Waals surface area contributed by atoms with Gasteiger partial charge in [-0.05, 0) is 25.1 Å². The maximum Gasteiger partial charge on any atom is 0.251 e. The molecule has 0 bridgehead atoms. The number of carbonyl (C=O) groups excluding carboxylic acids is 2. The first-order chi connectivity index (χ1) is 16.0. The van der Waals surface area contributed by atoms with E-state index in [9.17, 15) is 9.59 Å². The van der Waals surface area contributed by atoms with E-state index in [1.54, 1.807) is 12.1 Å². The molecule has 1 N–H and O–H groups in total. The van der Waals surface area contributed by atoms with E-state index in [2.05, 4.69) is 22.1 Å². The van der Waals surface area contributed by atoms with Gasteiger partial charge in [-0.1, -0.05) is 53.7 Å². The zero-order valence-electron chi connectivity index (χ0n) is 18.6. The van der Waals surface area contributed by atoms with Gasteiger partial charge in [0.25, 0.3) is 5.91 Å². The van der Waals surface area contributed by atoms with E-state index >= 15 is 0 Å². The minimum atomic E-state index is -0.174. The zero-order chi connectivity index (χ0) is 23.4. The number of ketones is 1. The summed E-state index contributed by atoms with van der Waals surface area (Å²) in [6.07, 6.45) is 3.61. The highest BCUT2D eigenvalue weighted by molar-refractivity contribution is 7.99. The van der Waals surface area contributed by atoms with Crippen LogP contribution in [-0.2, 0) is 20.1 Å². The number of aryl methyl sites for hydroxylation is 2. The fraction of sp³-hybridized carbons (Fsp3) is 0.200. The topological polar surface area (TPSA) is 81.8 Å². The van der Waals surface area contributed by atoms with Crippen molar-refractivity contribution in [3.8, 4) is 0 Å². The average Bonchev–Trinajstić information content (AvgIpc) is 3.37. The molecule has 1 amide bonds. The van der Waals surface area contributed by atoms with E-state index in [1.807, 2.05) is 71.8 Å². The number of Topliss-reactive ketones (excluding diaryl/α,β-unsaturated/α-hetero) is 1. The quantitative estimate of drug-likeness (QED) is 0.231. The molecule has 0 spiro atoms. The van der Waals surface area contributed by atoms with Gasteiger partial charge in [-0.15, -0.1) is 16.8 Å². The number of aromatic nitrogens is 4. The predicted octanol–water partition coefficient (Wildman–Crippen LogP) is 4.17. The van der Waals surface area contributed by atoms with Gasteiger partial charge in [0.2, 0.25) is 0 Å². The van der Waals surface area contributed by atoms with Crippen LogP contribution >= 0.6 is 11.8 Å². The molecule has 33 heavy (non-hydrogen) atoms. The summed E-state index contributed by atoms with van der Waals surface area (Å²) in [5.41, 5.74) is 3.33. The molecule has 0 unspecified atom stereocenters. The first-order valence-corrected chi connectivity index (χ1v) is 11.5. The Hall–Kier alpha value is -3.65. The van der Waals surface area contributed by atoms with Crippen LogP contribution in [0.3, 0.4) is 0 Å². The Morgan fingerprint density at radius 3 is 2.76 bits per heavy atom. The second kappa shape index (κ2) is 9.87. The largest absolute Gasteiger partial charge is 0.350 e. The Kier molecular flexibility index (Phi) is 6.74. The van der Waals surface area contributed by atoms with Crippen molar-refractivity contribution in [3.05, 3.63) is 89.9 Å². The fourth-order valence-electron chi connectivity index (χ4n) is 3.69. The molecular weight excluding hydrogens is 434 g/mol. The number of rotatable bonds is 9. The summed E-state index contributed by atoms with van der Waals surface area (Å²) in [7, 11) is 1.93. The van der Waals surface area contributed by atoms with Crippen molar-refractivity contribution in [2.75, 3.05) is 5.75 Å². The van der Waals surface area contributed by atoms with Gasteiger partial charge in [0, 0.05) is 41.8 Å². The molecule has 4 aromatic rings. The van der Waals surface area contributed by atoms with E-state index < -0.39 is 0 Å². The lowest BCUT2D eigenvalue weighted by atomic mass is 10.1. The normalized spacial score (nSPS) is 11.0. The fourth-order valence-corrected chi connectivity index (χ4v) is 4.54. The number of hydrogen-bond donors (Lipinski definition) is 1. The lowest BCUT2D eigenvalue weighted by Crippen LogP contribution is -2.25. The van der Waals surface area contributed by atoms with Crippen LogP contribution in [0.25, 0.3) is 10.9 Å². The molecule has 0 saturated carbocycles. The standard InChI is InChI=1S/C25H25N5O2S/c1-4-12-30-23(14-26-24(32)18-9-7-8-17(2)13-18)27-28-25(30)33-16-22(31)20-15-29(3)21-11-6-5-10-19(20)21/h4-11,13,15H,1,12,14,16H2,2-3H3,(H,26,32). The number of allylic oxidation sites excluding steroid dienone is 1. The van der Waals surface area contributed by atoms with Gasteiger partial charge in [-0.2, -0.15) is 0 Å². The van der Waals surface area contributed by atoms with Crippen molar-refractivity contribution < 1.29 is 9.59 Å². The molecule has 0 fully saturated rings. The second-order valence-electron chi connectivity index (χ2n) is 7.73. The average molecular weight is 460 g/mol. The minimum Gasteiger partial charge on any atom is -0.350 e. The number of carbonyl (C=O) groups is 2. The predicted molar refractivity (Wildman–Crippen MR) is 131 cm³/mol. The first-order valence-electron chi connectivity index (χ1n) is 10.6. The zero-order valence-corrected chi connectivity index (χ0v) is 19.4. The summed E-state index contributed by atoms with van der Waals surface area (Å²) < 4.78 is 3.83. The number of amides is 1. The smallest absolute Gasteiger partial charge is 0.251 e. The highest BCUT2D eigenvalue weighted by Crippen LogP contribution is 2.24. The van der Waals surface area contributed by atoms with Crippen molar-refractivity contribution in [3.63, 3.8) is 0 Å². The summed E-state index contributed by atoms with van der Waals surface area (Å²) >= 11 is 1.33. The van der Waals surface area contributed by atoms with Crippen molar-refractivity contribution in [2.24, 2.45) is 7.05 Å². The summed E-state index contributed by atoms with van der Waals surface area (Å²) in [4.78, 5) is 25.4. The Bertz CT molecular complexity index is 1340. The Labute approximate surface area is 196 Å². The first kappa shape index (κ1) is 22.5. The second-order valence-corrected chi connectivity index (χ2v) is 8.68. The van der Waals surface area contributed by atoms with E-state index in [-0.39, 0.29) is 24.0 Å². The Morgan fingerprint density at radius 2 is 1.97 bits per heavy atom. The molecule has 0 saturated heterocycles. The monoisotopic (exact) mass is 459 g/mol. The van der Waals surface area contributed by atoms with Gasteiger partial charge >= 0.3 is 0 Å². The Morgan fingerprint density at radius 1 is 1.15 bits per heavy atom. The maximum absolute atomic E-state index is 13.0. The molecule has 2 aromatic carbocycles. The summed E-state index contributed by atoms with van der Waals surface area (Å²) in [6, 6.07) is 15.3. The lowest BCUT2D eigenvalue weighted by Gasteiger charge is -2.09. The van der Waals surface area contributed by atoms with Gasteiger partial charge in [-0.3, -0.25) is 9.59 Å². The van der Waals surface area contributed by atoms with Crippen molar-refractivity contribution in [1.82, 2.24) is 24.6 Å². The molecule has 4 rings (SSSR count). The molecule has 0 atom stereocenters. The van der Waals surface area contributed by atoms with Crippen molar-refractivity contribution in [2.45, 2.75) is 25.2 Å². The molecular formula is C25H25N5O2S. The third-order valence-corrected chi connectivity index (χ3v) is 6.29. The Balaban J connectivity index is 1.45. The van der Waals surface area contributed by atoms with E-state index in [0.29, 0.717) is 28.7 Å². The SMILES string of the molecule is C=CCn1c(CNC(=O)c2cccc(C)c2)nnc1SCC(=O)c1cn(C)c2ccccc12. The van der Waals surface area contributed by atoms with Crippen LogP contribution in [0.1, 0.15) is 32.1 Å². The highest BCUT2D eigenvalue weighted by Gasteiger charge is 2.18. The maximum atomic E-state index is 13.0. The lowest BCUT2D eigenvalue weighted by molar-refractivity contribution is 0.0948. The van der Waals surface area contributed by atoms with E-state index in [4.69, 9.17) is 0 Å². The molecule has 0 aliphatic heterocycles. The van der Waals surface area contributed by atoms with Crippen molar-refractivity contribution >= 4 is 34.4 Å². The molecule has 0 aliphatic carbocycles. The molecule has 2 heterocycles. The van der Waals surface area contributed by atoms with Crippen LogP contribution in [0, 0.1) is 6.92 Å². The van der Waals surface area contributed by atoms with Crippen LogP contribution in [-0.4, -0.2) is 36.8 Å². The third-order valence-electron chi connectivity index (χ3n) is 5.32. The number of thioether (sulfide) groups is 1. The van der Waals surface area contributed by atoms with Gasteiger partial charge in [0.15, 0.2) is 16.8 Å².